The monoisotopic (exact) mass is 266 g/mol. The summed E-state index contributed by atoms with van der Waals surface area (Å²) in [6.45, 7) is 4.07. The largest absolute Gasteiger partial charge is 0.388 e. The lowest BCUT2D eigenvalue weighted by Gasteiger charge is -2.12. The average molecular weight is 266 g/mol. The van der Waals surface area contributed by atoms with Crippen LogP contribution in [0, 0.1) is 12.7 Å². The Bertz CT molecular complexity index is 362. The Morgan fingerprint density at radius 1 is 1.05 bits per heavy atom. The van der Waals surface area contributed by atoms with E-state index in [2.05, 4.69) is 6.92 Å². The van der Waals surface area contributed by atoms with Crippen molar-refractivity contribution in [2.75, 3.05) is 0 Å². The number of aliphatic hydroxyl groups is 1. The molecule has 1 rings (SSSR count). The molecule has 108 valence electrons. The van der Waals surface area contributed by atoms with E-state index in [1.165, 1.54) is 38.2 Å². The maximum absolute atomic E-state index is 13.7. The number of benzene rings is 1. The summed E-state index contributed by atoms with van der Waals surface area (Å²) in [6, 6.07) is 5.05. The summed E-state index contributed by atoms with van der Waals surface area (Å²) in [5, 5.41) is 9.99. The van der Waals surface area contributed by atoms with Gasteiger partial charge in [0.2, 0.25) is 0 Å². The smallest absolute Gasteiger partial charge is 0.129 e. The molecule has 0 saturated carbocycles. The van der Waals surface area contributed by atoms with Crippen molar-refractivity contribution in [3.05, 3.63) is 35.1 Å². The topological polar surface area (TPSA) is 20.2 Å². The fourth-order valence-corrected chi connectivity index (χ4v) is 2.35. The fourth-order valence-electron chi connectivity index (χ4n) is 2.35. The zero-order valence-electron chi connectivity index (χ0n) is 12.3. The van der Waals surface area contributed by atoms with Crippen LogP contribution in [0.25, 0.3) is 0 Å². The van der Waals surface area contributed by atoms with Crippen molar-refractivity contribution >= 4 is 0 Å². The van der Waals surface area contributed by atoms with Crippen LogP contribution in [0.15, 0.2) is 18.2 Å². The first-order valence-corrected chi connectivity index (χ1v) is 7.59. The standard InChI is InChI=1S/C17H27FO/c1-3-4-5-6-7-8-9-10-17(19)15-12-11-14(2)13-16(15)18/h11-13,17,19H,3-10H2,1-2H3. The highest BCUT2D eigenvalue weighted by atomic mass is 19.1. The fraction of sp³-hybridized carbons (Fsp3) is 0.647. The quantitative estimate of drug-likeness (QED) is 0.601. The minimum atomic E-state index is -0.656. The predicted molar refractivity (Wildman–Crippen MR) is 78.7 cm³/mol. The van der Waals surface area contributed by atoms with Gasteiger partial charge in [0.05, 0.1) is 6.10 Å². The van der Waals surface area contributed by atoms with Gasteiger partial charge in [-0.3, -0.25) is 0 Å². The van der Waals surface area contributed by atoms with Crippen molar-refractivity contribution in [3.63, 3.8) is 0 Å². The van der Waals surface area contributed by atoms with Gasteiger partial charge in [-0.05, 0) is 25.0 Å². The third kappa shape index (κ3) is 6.20. The third-order valence-corrected chi connectivity index (χ3v) is 3.60. The summed E-state index contributed by atoms with van der Waals surface area (Å²) in [4.78, 5) is 0. The van der Waals surface area contributed by atoms with Gasteiger partial charge >= 0.3 is 0 Å². The molecule has 1 unspecified atom stereocenters. The summed E-state index contributed by atoms with van der Waals surface area (Å²) >= 11 is 0. The molecule has 0 bridgehead atoms. The van der Waals surface area contributed by atoms with Crippen LogP contribution in [0.5, 0.6) is 0 Å². The second-order valence-electron chi connectivity index (χ2n) is 5.45. The van der Waals surface area contributed by atoms with E-state index in [1.54, 1.807) is 6.07 Å². The van der Waals surface area contributed by atoms with Gasteiger partial charge in [-0.1, -0.05) is 64.0 Å². The van der Waals surface area contributed by atoms with E-state index < -0.39 is 6.10 Å². The van der Waals surface area contributed by atoms with Gasteiger partial charge in [0.1, 0.15) is 5.82 Å². The molecule has 0 spiro atoms. The number of aryl methyl sites for hydroxylation is 1. The predicted octanol–water partition coefficient (Wildman–Crippen LogP) is 5.31. The van der Waals surface area contributed by atoms with E-state index in [0.717, 1.165) is 18.4 Å². The maximum Gasteiger partial charge on any atom is 0.129 e. The highest BCUT2D eigenvalue weighted by molar-refractivity contribution is 5.25. The Balaban J connectivity index is 2.22. The number of halogens is 1. The third-order valence-electron chi connectivity index (χ3n) is 3.60. The zero-order valence-corrected chi connectivity index (χ0v) is 12.3. The van der Waals surface area contributed by atoms with E-state index in [-0.39, 0.29) is 5.82 Å². The maximum atomic E-state index is 13.7. The lowest BCUT2D eigenvalue weighted by molar-refractivity contribution is 0.159. The molecule has 19 heavy (non-hydrogen) atoms. The van der Waals surface area contributed by atoms with E-state index >= 15 is 0 Å². The molecule has 2 heteroatoms. The number of unbranched alkanes of at least 4 members (excludes halogenated alkanes) is 6. The van der Waals surface area contributed by atoms with E-state index in [1.807, 2.05) is 13.0 Å². The molecule has 0 amide bonds. The molecule has 1 atom stereocenters. The molecule has 0 aliphatic heterocycles. The highest BCUT2D eigenvalue weighted by Crippen LogP contribution is 2.23. The molecule has 0 heterocycles. The Kier molecular flexibility index (Phi) is 7.73. The van der Waals surface area contributed by atoms with E-state index in [4.69, 9.17) is 0 Å². The van der Waals surface area contributed by atoms with Crippen molar-refractivity contribution < 1.29 is 9.50 Å². The van der Waals surface area contributed by atoms with Gasteiger partial charge in [-0.15, -0.1) is 0 Å². The Labute approximate surface area is 116 Å². The molecule has 0 aromatic heterocycles. The summed E-state index contributed by atoms with van der Waals surface area (Å²) < 4.78 is 13.7. The van der Waals surface area contributed by atoms with Crippen molar-refractivity contribution in [1.82, 2.24) is 0 Å². The minimum Gasteiger partial charge on any atom is -0.388 e. The summed E-state index contributed by atoms with van der Waals surface area (Å²) in [5.74, 6) is -0.282. The SMILES string of the molecule is CCCCCCCCCC(O)c1ccc(C)cc1F. The summed E-state index contributed by atoms with van der Waals surface area (Å²) in [6.07, 6.45) is 8.51. The van der Waals surface area contributed by atoms with E-state index in [9.17, 15) is 9.50 Å². The first-order valence-electron chi connectivity index (χ1n) is 7.59. The second kappa shape index (κ2) is 9.08. The van der Waals surface area contributed by atoms with Gasteiger partial charge < -0.3 is 5.11 Å². The van der Waals surface area contributed by atoms with Crippen LogP contribution in [0.4, 0.5) is 4.39 Å². The molecular formula is C17H27FO. The first-order chi connectivity index (χ1) is 9.15. The van der Waals surface area contributed by atoms with Crippen LogP contribution in [-0.4, -0.2) is 5.11 Å². The van der Waals surface area contributed by atoms with Crippen molar-refractivity contribution in [3.8, 4) is 0 Å². The molecule has 0 aliphatic rings. The van der Waals surface area contributed by atoms with Crippen LogP contribution >= 0.6 is 0 Å². The highest BCUT2D eigenvalue weighted by Gasteiger charge is 2.12. The van der Waals surface area contributed by atoms with Gasteiger partial charge in [-0.25, -0.2) is 4.39 Å². The number of hydrogen-bond donors (Lipinski definition) is 1. The lowest BCUT2D eigenvalue weighted by Crippen LogP contribution is -2.01. The van der Waals surface area contributed by atoms with Gasteiger partial charge in [0.25, 0.3) is 0 Å². The van der Waals surface area contributed by atoms with E-state index in [0.29, 0.717) is 12.0 Å². The second-order valence-corrected chi connectivity index (χ2v) is 5.45. The molecular weight excluding hydrogens is 239 g/mol. The molecule has 0 radical (unpaired) electrons. The molecule has 1 aromatic carbocycles. The lowest BCUT2D eigenvalue weighted by atomic mass is 10.0. The Morgan fingerprint density at radius 3 is 2.32 bits per heavy atom. The van der Waals surface area contributed by atoms with Gasteiger partial charge in [-0.2, -0.15) is 0 Å². The Hall–Kier alpha value is -0.890. The van der Waals surface area contributed by atoms with Crippen LogP contribution in [-0.2, 0) is 0 Å². The normalized spacial score (nSPS) is 12.6. The first kappa shape index (κ1) is 16.2. The number of hydrogen-bond acceptors (Lipinski definition) is 1. The number of aliphatic hydroxyl groups excluding tert-OH is 1. The summed E-state index contributed by atoms with van der Waals surface area (Å²) in [7, 11) is 0. The van der Waals surface area contributed by atoms with Crippen molar-refractivity contribution in [2.24, 2.45) is 0 Å². The zero-order chi connectivity index (χ0) is 14.1. The molecule has 1 nitrogen and oxygen atoms in total. The molecule has 0 aliphatic carbocycles. The molecule has 0 saturated heterocycles. The van der Waals surface area contributed by atoms with Crippen LogP contribution < -0.4 is 0 Å². The van der Waals surface area contributed by atoms with Crippen LogP contribution in [0.3, 0.4) is 0 Å². The molecule has 0 fully saturated rings. The average Bonchev–Trinajstić information content (AvgIpc) is 2.37. The summed E-state index contributed by atoms with van der Waals surface area (Å²) in [5.41, 5.74) is 1.33. The van der Waals surface area contributed by atoms with Gasteiger partial charge in [0.15, 0.2) is 0 Å². The molecule has 1 N–H and O–H groups in total. The van der Waals surface area contributed by atoms with Crippen molar-refractivity contribution in [1.29, 1.82) is 0 Å². The van der Waals surface area contributed by atoms with Crippen molar-refractivity contribution in [2.45, 2.75) is 71.3 Å². The molecule has 1 aromatic rings. The van der Waals surface area contributed by atoms with Crippen LogP contribution in [0.1, 0.15) is 75.5 Å². The minimum absolute atomic E-state index is 0.282. The van der Waals surface area contributed by atoms with Crippen LogP contribution in [0.2, 0.25) is 0 Å². The van der Waals surface area contributed by atoms with Gasteiger partial charge in [0, 0.05) is 5.56 Å². The number of rotatable bonds is 9. The Morgan fingerprint density at radius 2 is 1.68 bits per heavy atom.